The van der Waals surface area contributed by atoms with Crippen molar-refractivity contribution in [3.8, 4) is 0 Å². The second-order valence-electron chi connectivity index (χ2n) is 3.63. The molecule has 1 fully saturated rings. The fourth-order valence-corrected chi connectivity index (χ4v) is 3.02. The van der Waals surface area contributed by atoms with Gasteiger partial charge < -0.3 is 5.11 Å². The predicted molar refractivity (Wildman–Crippen MR) is 61.5 cm³/mol. The molecule has 0 saturated heterocycles. The van der Waals surface area contributed by atoms with Gasteiger partial charge in [0.25, 0.3) is 0 Å². The van der Waals surface area contributed by atoms with Crippen LogP contribution in [0.3, 0.4) is 0 Å². The number of carboxylic acids is 1. The van der Waals surface area contributed by atoms with Crippen LogP contribution in [0.4, 0.5) is 0 Å². The molecule has 0 aromatic heterocycles. The van der Waals surface area contributed by atoms with E-state index < -0.39 is 5.97 Å². The van der Waals surface area contributed by atoms with Gasteiger partial charge in [0.2, 0.25) is 0 Å². The highest BCUT2D eigenvalue weighted by Crippen LogP contribution is 2.41. The van der Waals surface area contributed by atoms with Crippen molar-refractivity contribution in [3.63, 3.8) is 0 Å². The highest BCUT2D eigenvalue weighted by Gasteiger charge is 2.37. The lowest BCUT2D eigenvalue weighted by atomic mass is 9.85. The molecule has 0 radical (unpaired) electrons. The molecule has 15 heavy (non-hydrogen) atoms. The third-order valence-corrected chi connectivity index (χ3v) is 4.29. The normalized spacial score (nSPS) is 24.6. The first-order chi connectivity index (χ1) is 7.16. The Hall–Kier alpha value is -0.670. The summed E-state index contributed by atoms with van der Waals surface area (Å²) in [6.07, 6.45) is 1.80. The molecule has 1 saturated carbocycles. The van der Waals surface area contributed by atoms with E-state index in [9.17, 15) is 4.79 Å². The minimum absolute atomic E-state index is 0.175. The largest absolute Gasteiger partial charge is 0.481 e. The molecule has 1 aromatic carbocycles. The molecule has 0 spiro atoms. The summed E-state index contributed by atoms with van der Waals surface area (Å²) in [7, 11) is 0. The van der Waals surface area contributed by atoms with E-state index in [4.69, 9.17) is 16.7 Å². The van der Waals surface area contributed by atoms with Crippen molar-refractivity contribution < 1.29 is 9.90 Å². The number of hydrogen-bond acceptors (Lipinski definition) is 2. The third-order valence-electron chi connectivity index (χ3n) is 2.63. The van der Waals surface area contributed by atoms with E-state index in [2.05, 4.69) is 0 Å². The molecule has 1 aliphatic carbocycles. The average molecular weight is 243 g/mol. The van der Waals surface area contributed by atoms with Gasteiger partial charge in [-0.1, -0.05) is 11.6 Å². The van der Waals surface area contributed by atoms with Gasteiger partial charge in [-0.3, -0.25) is 4.79 Å². The highest BCUT2D eigenvalue weighted by atomic mass is 35.5. The summed E-state index contributed by atoms with van der Waals surface area (Å²) >= 11 is 7.41. The maximum Gasteiger partial charge on any atom is 0.307 e. The van der Waals surface area contributed by atoms with Gasteiger partial charge in [0.15, 0.2) is 0 Å². The van der Waals surface area contributed by atoms with Crippen molar-refractivity contribution >= 4 is 29.3 Å². The first kappa shape index (κ1) is 10.8. The van der Waals surface area contributed by atoms with Crippen molar-refractivity contribution in [2.24, 2.45) is 5.92 Å². The zero-order valence-corrected chi connectivity index (χ0v) is 9.59. The number of hydrogen-bond donors (Lipinski definition) is 1. The van der Waals surface area contributed by atoms with Gasteiger partial charge in [0, 0.05) is 15.2 Å². The smallest absolute Gasteiger partial charge is 0.307 e. The van der Waals surface area contributed by atoms with Gasteiger partial charge in [-0.2, -0.15) is 0 Å². The Balaban J connectivity index is 1.97. The summed E-state index contributed by atoms with van der Waals surface area (Å²) in [6.45, 7) is 0. The SMILES string of the molecule is O=C(O)C1CCC1Sc1ccc(Cl)cc1. The van der Waals surface area contributed by atoms with E-state index in [0.29, 0.717) is 5.02 Å². The predicted octanol–water partition coefficient (Wildman–Crippen LogP) is 3.30. The molecule has 1 N–H and O–H groups in total. The van der Waals surface area contributed by atoms with Crippen LogP contribution in [0.25, 0.3) is 0 Å². The molecule has 0 bridgehead atoms. The van der Waals surface area contributed by atoms with Gasteiger partial charge >= 0.3 is 5.97 Å². The zero-order chi connectivity index (χ0) is 10.8. The van der Waals surface area contributed by atoms with Crippen molar-refractivity contribution in [3.05, 3.63) is 29.3 Å². The van der Waals surface area contributed by atoms with E-state index in [1.54, 1.807) is 11.8 Å². The van der Waals surface area contributed by atoms with E-state index in [1.807, 2.05) is 24.3 Å². The van der Waals surface area contributed by atoms with Gasteiger partial charge in [-0.05, 0) is 37.1 Å². The Morgan fingerprint density at radius 3 is 2.47 bits per heavy atom. The molecule has 0 heterocycles. The topological polar surface area (TPSA) is 37.3 Å². The minimum Gasteiger partial charge on any atom is -0.481 e. The molecule has 80 valence electrons. The molecule has 2 unspecified atom stereocenters. The maximum absolute atomic E-state index is 10.8. The average Bonchev–Trinajstić information content (AvgIpc) is 2.14. The second kappa shape index (κ2) is 4.45. The first-order valence-electron chi connectivity index (χ1n) is 4.82. The van der Waals surface area contributed by atoms with Gasteiger partial charge in [-0.15, -0.1) is 11.8 Å². The Bertz CT molecular complexity index is 363. The second-order valence-corrected chi connectivity index (χ2v) is 5.38. The molecule has 0 aliphatic heterocycles. The Morgan fingerprint density at radius 2 is 2.00 bits per heavy atom. The number of rotatable bonds is 3. The van der Waals surface area contributed by atoms with Gasteiger partial charge in [0.05, 0.1) is 5.92 Å². The van der Waals surface area contributed by atoms with E-state index >= 15 is 0 Å². The van der Waals surface area contributed by atoms with Crippen LogP contribution < -0.4 is 0 Å². The van der Waals surface area contributed by atoms with Crippen LogP contribution in [0, 0.1) is 5.92 Å². The summed E-state index contributed by atoms with van der Waals surface area (Å²) in [5.41, 5.74) is 0. The number of aliphatic carboxylic acids is 1. The lowest BCUT2D eigenvalue weighted by Gasteiger charge is -2.32. The molecule has 4 heteroatoms. The van der Waals surface area contributed by atoms with Gasteiger partial charge in [0.1, 0.15) is 0 Å². The molecule has 2 rings (SSSR count). The Kier molecular flexibility index (Phi) is 3.22. The van der Waals surface area contributed by atoms with Crippen LogP contribution in [0.5, 0.6) is 0 Å². The van der Waals surface area contributed by atoms with Crippen molar-refractivity contribution in [1.29, 1.82) is 0 Å². The number of benzene rings is 1. The number of halogens is 1. The first-order valence-corrected chi connectivity index (χ1v) is 6.07. The Morgan fingerprint density at radius 1 is 1.33 bits per heavy atom. The minimum atomic E-state index is -0.673. The molecule has 1 aromatic rings. The standard InChI is InChI=1S/C11H11ClO2S/c12-7-1-3-8(4-2-7)15-10-6-5-9(10)11(13)14/h1-4,9-10H,5-6H2,(H,13,14). The maximum atomic E-state index is 10.8. The highest BCUT2D eigenvalue weighted by molar-refractivity contribution is 8.00. The number of carbonyl (C=O) groups is 1. The molecule has 2 nitrogen and oxygen atoms in total. The van der Waals surface area contributed by atoms with E-state index in [0.717, 1.165) is 17.7 Å². The summed E-state index contributed by atoms with van der Waals surface area (Å²) in [5, 5.41) is 9.83. The lowest BCUT2D eigenvalue weighted by molar-refractivity contribution is -0.144. The molecule has 2 atom stereocenters. The van der Waals surface area contributed by atoms with Crippen LogP contribution in [0.2, 0.25) is 5.02 Å². The molecular formula is C11H11ClO2S. The molecule has 1 aliphatic rings. The van der Waals surface area contributed by atoms with Crippen LogP contribution in [-0.4, -0.2) is 16.3 Å². The number of thioether (sulfide) groups is 1. The zero-order valence-electron chi connectivity index (χ0n) is 8.02. The number of carboxylic acid groups (broad SMARTS) is 1. The quantitative estimate of drug-likeness (QED) is 0.884. The van der Waals surface area contributed by atoms with Crippen molar-refractivity contribution in [2.45, 2.75) is 23.0 Å². The summed E-state index contributed by atoms with van der Waals surface area (Å²) in [5.74, 6) is -0.849. The summed E-state index contributed by atoms with van der Waals surface area (Å²) in [4.78, 5) is 11.9. The van der Waals surface area contributed by atoms with E-state index in [-0.39, 0.29) is 11.2 Å². The molecule has 0 amide bonds. The monoisotopic (exact) mass is 242 g/mol. The van der Waals surface area contributed by atoms with Crippen molar-refractivity contribution in [1.82, 2.24) is 0 Å². The van der Waals surface area contributed by atoms with Crippen LogP contribution in [0.1, 0.15) is 12.8 Å². The van der Waals surface area contributed by atoms with Crippen LogP contribution in [-0.2, 0) is 4.79 Å². The fraction of sp³-hybridized carbons (Fsp3) is 0.364. The van der Waals surface area contributed by atoms with Crippen molar-refractivity contribution in [2.75, 3.05) is 0 Å². The Labute approximate surface area is 97.6 Å². The third kappa shape index (κ3) is 2.47. The van der Waals surface area contributed by atoms with Gasteiger partial charge in [-0.25, -0.2) is 0 Å². The van der Waals surface area contributed by atoms with Crippen LogP contribution >= 0.6 is 23.4 Å². The van der Waals surface area contributed by atoms with Crippen LogP contribution in [0.15, 0.2) is 29.2 Å². The summed E-state index contributed by atoms with van der Waals surface area (Å²) in [6, 6.07) is 7.53. The summed E-state index contributed by atoms with van der Waals surface area (Å²) < 4.78 is 0. The molecular weight excluding hydrogens is 232 g/mol. The lowest BCUT2D eigenvalue weighted by Crippen LogP contribution is -2.35. The van der Waals surface area contributed by atoms with E-state index in [1.165, 1.54) is 0 Å². The fourth-order valence-electron chi connectivity index (χ4n) is 1.58.